The van der Waals surface area contributed by atoms with Crippen LogP contribution in [0.4, 0.5) is 0 Å². The molecule has 0 aliphatic heterocycles. The summed E-state index contributed by atoms with van der Waals surface area (Å²) in [5.74, 6) is 0. The third kappa shape index (κ3) is 6.15. The van der Waals surface area contributed by atoms with Crippen molar-refractivity contribution in [1.82, 2.24) is 10.2 Å². The Morgan fingerprint density at radius 2 is 2.00 bits per heavy atom. The first-order chi connectivity index (χ1) is 8.74. The van der Waals surface area contributed by atoms with Crippen LogP contribution in [0.3, 0.4) is 0 Å². The van der Waals surface area contributed by atoms with Crippen molar-refractivity contribution in [3.63, 3.8) is 0 Å². The van der Waals surface area contributed by atoms with E-state index in [2.05, 4.69) is 54.5 Å². The fraction of sp³-hybridized carbons (Fsp3) is 0.600. The molecular formula is C15H26N2O. The van der Waals surface area contributed by atoms with Crippen molar-refractivity contribution in [1.29, 1.82) is 0 Å². The molecule has 102 valence electrons. The Morgan fingerprint density at radius 1 is 1.28 bits per heavy atom. The first-order valence-electron chi connectivity index (χ1n) is 6.68. The Hall–Kier alpha value is -0.900. The van der Waals surface area contributed by atoms with E-state index in [1.54, 1.807) is 7.11 Å². The van der Waals surface area contributed by atoms with Crippen LogP contribution in [0.15, 0.2) is 30.3 Å². The quantitative estimate of drug-likeness (QED) is 0.676. The van der Waals surface area contributed by atoms with Crippen LogP contribution in [0.25, 0.3) is 0 Å². The van der Waals surface area contributed by atoms with E-state index < -0.39 is 0 Å². The zero-order valence-electron chi connectivity index (χ0n) is 11.9. The highest BCUT2D eigenvalue weighted by Crippen LogP contribution is 2.02. The van der Waals surface area contributed by atoms with Crippen LogP contribution < -0.4 is 5.32 Å². The number of benzene rings is 1. The van der Waals surface area contributed by atoms with Crippen molar-refractivity contribution in [2.75, 3.05) is 40.4 Å². The Labute approximate surface area is 111 Å². The zero-order chi connectivity index (χ0) is 13.2. The molecule has 1 aromatic carbocycles. The highest BCUT2D eigenvalue weighted by Gasteiger charge is 2.08. The second-order valence-electron chi connectivity index (χ2n) is 4.76. The van der Waals surface area contributed by atoms with Crippen molar-refractivity contribution >= 4 is 0 Å². The van der Waals surface area contributed by atoms with Crippen molar-refractivity contribution in [3.05, 3.63) is 35.9 Å². The van der Waals surface area contributed by atoms with Gasteiger partial charge in [0.15, 0.2) is 0 Å². The molecule has 0 fully saturated rings. The maximum atomic E-state index is 5.01. The lowest BCUT2D eigenvalue weighted by Gasteiger charge is -2.25. The minimum absolute atomic E-state index is 0.547. The number of ether oxygens (including phenoxy) is 1. The van der Waals surface area contributed by atoms with Gasteiger partial charge in [-0.25, -0.2) is 0 Å². The predicted octanol–water partition coefficient (Wildman–Crippen LogP) is 1.79. The summed E-state index contributed by atoms with van der Waals surface area (Å²) in [4.78, 5) is 2.40. The highest BCUT2D eigenvalue weighted by molar-refractivity contribution is 5.14. The first kappa shape index (κ1) is 15.2. The van der Waals surface area contributed by atoms with Gasteiger partial charge in [-0.05, 0) is 26.0 Å². The van der Waals surface area contributed by atoms with E-state index >= 15 is 0 Å². The number of likely N-dealkylation sites (N-methyl/N-ethyl adjacent to an activating group) is 1. The summed E-state index contributed by atoms with van der Waals surface area (Å²) in [6, 6.07) is 11.2. The van der Waals surface area contributed by atoms with Gasteiger partial charge in [0.2, 0.25) is 0 Å². The molecule has 0 saturated heterocycles. The molecule has 0 aliphatic carbocycles. The largest absolute Gasteiger partial charge is 0.383 e. The molecule has 0 radical (unpaired) electrons. The fourth-order valence-corrected chi connectivity index (χ4v) is 1.81. The first-order valence-corrected chi connectivity index (χ1v) is 6.68. The number of hydrogen-bond donors (Lipinski definition) is 1. The van der Waals surface area contributed by atoms with Gasteiger partial charge >= 0.3 is 0 Å². The lowest BCUT2D eigenvalue weighted by atomic mass is 10.1. The van der Waals surface area contributed by atoms with Gasteiger partial charge < -0.3 is 15.0 Å². The topological polar surface area (TPSA) is 24.5 Å². The molecule has 3 nitrogen and oxygen atoms in total. The van der Waals surface area contributed by atoms with Crippen molar-refractivity contribution in [2.45, 2.75) is 19.4 Å². The summed E-state index contributed by atoms with van der Waals surface area (Å²) < 4.78 is 5.01. The molecule has 1 N–H and O–H groups in total. The molecular weight excluding hydrogens is 224 g/mol. The Balaban J connectivity index is 2.17. The maximum absolute atomic E-state index is 5.01. The van der Waals surface area contributed by atoms with Crippen LogP contribution in [0.2, 0.25) is 0 Å². The minimum atomic E-state index is 0.547. The average molecular weight is 250 g/mol. The number of rotatable bonds is 9. The van der Waals surface area contributed by atoms with Crippen LogP contribution in [-0.2, 0) is 11.2 Å². The standard InChI is InChI=1S/C15H26N2O/c1-14(13-16-10-12-18-3)17(2)11-9-15-7-5-4-6-8-15/h4-8,14,16H,9-13H2,1-3H3. The van der Waals surface area contributed by atoms with E-state index in [-0.39, 0.29) is 0 Å². The molecule has 0 aromatic heterocycles. The average Bonchev–Trinajstić information content (AvgIpc) is 2.42. The molecule has 0 heterocycles. The lowest BCUT2D eigenvalue weighted by molar-refractivity contribution is 0.192. The van der Waals surface area contributed by atoms with Gasteiger partial charge in [-0.3, -0.25) is 0 Å². The second-order valence-corrected chi connectivity index (χ2v) is 4.76. The SMILES string of the molecule is COCCNCC(C)N(C)CCc1ccccc1. The van der Waals surface area contributed by atoms with Crippen molar-refractivity contribution in [2.24, 2.45) is 0 Å². The van der Waals surface area contributed by atoms with E-state index in [1.807, 2.05) is 0 Å². The van der Waals surface area contributed by atoms with Crippen LogP contribution in [0.1, 0.15) is 12.5 Å². The Kier molecular flexibility index (Phi) is 7.65. The van der Waals surface area contributed by atoms with E-state index in [0.717, 1.165) is 32.7 Å². The van der Waals surface area contributed by atoms with Crippen molar-refractivity contribution in [3.8, 4) is 0 Å². The summed E-state index contributed by atoms with van der Waals surface area (Å²) in [6.45, 7) is 6.06. The third-order valence-electron chi connectivity index (χ3n) is 3.27. The number of nitrogens with one attached hydrogen (secondary N) is 1. The second kappa shape index (κ2) is 9.09. The summed E-state index contributed by atoms with van der Waals surface area (Å²) in [6.07, 6.45) is 1.11. The van der Waals surface area contributed by atoms with E-state index in [0.29, 0.717) is 6.04 Å². The monoisotopic (exact) mass is 250 g/mol. The molecule has 3 heteroatoms. The summed E-state index contributed by atoms with van der Waals surface area (Å²) in [5, 5.41) is 3.40. The lowest BCUT2D eigenvalue weighted by Crippen LogP contribution is -2.39. The Bertz CT molecular complexity index is 303. The normalized spacial score (nSPS) is 12.9. The number of methoxy groups -OCH3 is 1. The van der Waals surface area contributed by atoms with Crippen LogP contribution in [0.5, 0.6) is 0 Å². The highest BCUT2D eigenvalue weighted by atomic mass is 16.5. The molecule has 0 amide bonds. The molecule has 0 aliphatic rings. The van der Waals surface area contributed by atoms with Crippen LogP contribution in [0, 0.1) is 0 Å². The van der Waals surface area contributed by atoms with Gasteiger partial charge in [-0.2, -0.15) is 0 Å². The van der Waals surface area contributed by atoms with Gasteiger partial charge in [0, 0.05) is 32.8 Å². The van der Waals surface area contributed by atoms with Gasteiger partial charge in [-0.15, -0.1) is 0 Å². The smallest absolute Gasteiger partial charge is 0.0587 e. The van der Waals surface area contributed by atoms with E-state index in [9.17, 15) is 0 Å². The number of hydrogen-bond acceptors (Lipinski definition) is 3. The molecule has 1 rings (SSSR count). The predicted molar refractivity (Wildman–Crippen MR) is 77.0 cm³/mol. The van der Waals surface area contributed by atoms with Crippen molar-refractivity contribution < 1.29 is 4.74 Å². The molecule has 1 aromatic rings. The van der Waals surface area contributed by atoms with E-state index in [4.69, 9.17) is 4.74 Å². The van der Waals surface area contributed by atoms with E-state index in [1.165, 1.54) is 5.56 Å². The van der Waals surface area contributed by atoms with Gasteiger partial charge in [0.1, 0.15) is 0 Å². The molecule has 0 saturated carbocycles. The van der Waals surface area contributed by atoms with Gasteiger partial charge in [-0.1, -0.05) is 30.3 Å². The molecule has 1 unspecified atom stereocenters. The van der Waals surface area contributed by atoms with Gasteiger partial charge in [0.25, 0.3) is 0 Å². The third-order valence-corrected chi connectivity index (χ3v) is 3.27. The summed E-state index contributed by atoms with van der Waals surface area (Å²) >= 11 is 0. The molecule has 18 heavy (non-hydrogen) atoms. The Morgan fingerprint density at radius 3 is 2.67 bits per heavy atom. The zero-order valence-corrected chi connectivity index (χ0v) is 11.9. The summed E-state index contributed by atoms with van der Waals surface area (Å²) in [5.41, 5.74) is 1.41. The minimum Gasteiger partial charge on any atom is -0.383 e. The van der Waals surface area contributed by atoms with Gasteiger partial charge in [0.05, 0.1) is 6.61 Å². The molecule has 0 bridgehead atoms. The summed E-state index contributed by atoms with van der Waals surface area (Å²) in [7, 11) is 3.92. The van der Waals surface area contributed by atoms with Crippen LogP contribution >= 0.6 is 0 Å². The fourth-order valence-electron chi connectivity index (χ4n) is 1.81. The molecule has 0 spiro atoms. The van der Waals surface area contributed by atoms with Crippen LogP contribution in [-0.4, -0.2) is 51.3 Å². The number of nitrogens with zero attached hydrogens (tertiary/aromatic N) is 1. The molecule has 1 atom stereocenters. The maximum Gasteiger partial charge on any atom is 0.0587 e.